The molecule has 0 heteroatoms. The first-order valence-electron chi connectivity index (χ1n) is 5.18. The molecular weight excluding hydrogens is 144 g/mol. The van der Waals surface area contributed by atoms with Gasteiger partial charge in [-0.2, -0.15) is 0 Å². The molecule has 0 aromatic rings. The van der Waals surface area contributed by atoms with Gasteiger partial charge in [-0.1, -0.05) is 47.5 Å². The van der Waals surface area contributed by atoms with Crippen molar-refractivity contribution in [3.05, 3.63) is 6.92 Å². The summed E-state index contributed by atoms with van der Waals surface area (Å²) in [6, 6.07) is 0. The summed E-state index contributed by atoms with van der Waals surface area (Å²) in [6.45, 7) is 15.6. The van der Waals surface area contributed by atoms with Gasteiger partial charge in [-0.25, -0.2) is 0 Å². The smallest absolute Gasteiger partial charge is 0.0331 e. The van der Waals surface area contributed by atoms with Gasteiger partial charge in [0.1, 0.15) is 0 Å². The SMILES string of the molecule is [CH2]C(C)(C)CCC(C)(CC)CC. The van der Waals surface area contributed by atoms with Crippen LogP contribution in [-0.2, 0) is 0 Å². The minimum atomic E-state index is 0.256. The Labute approximate surface area is 78.8 Å². The topological polar surface area (TPSA) is 0 Å². The average molecular weight is 169 g/mol. The fourth-order valence-electron chi connectivity index (χ4n) is 1.24. The summed E-state index contributed by atoms with van der Waals surface area (Å²) >= 11 is 0. The molecule has 0 aliphatic heterocycles. The Morgan fingerprint density at radius 3 is 1.58 bits per heavy atom. The molecule has 0 saturated heterocycles. The Hall–Kier alpha value is 0. The van der Waals surface area contributed by atoms with Crippen molar-refractivity contribution in [1.29, 1.82) is 0 Å². The van der Waals surface area contributed by atoms with Crippen LogP contribution in [0.5, 0.6) is 0 Å². The minimum absolute atomic E-state index is 0.256. The molecule has 0 aliphatic carbocycles. The molecule has 73 valence electrons. The van der Waals surface area contributed by atoms with Crippen LogP contribution < -0.4 is 0 Å². The molecule has 0 amide bonds. The van der Waals surface area contributed by atoms with Crippen molar-refractivity contribution in [2.75, 3.05) is 0 Å². The van der Waals surface area contributed by atoms with Crippen LogP contribution in [0.15, 0.2) is 0 Å². The summed E-state index contributed by atoms with van der Waals surface area (Å²) in [5.41, 5.74) is 0.806. The highest BCUT2D eigenvalue weighted by Crippen LogP contribution is 2.35. The van der Waals surface area contributed by atoms with Crippen LogP contribution in [0.25, 0.3) is 0 Å². The van der Waals surface area contributed by atoms with Crippen molar-refractivity contribution in [3.8, 4) is 0 Å². The van der Waals surface area contributed by atoms with E-state index in [1.807, 2.05) is 0 Å². The minimum Gasteiger partial charge on any atom is -0.0649 e. The van der Waals surface area contributed by atoms with Gasteiger partial charge >= 0.3 is 0 Å². The van der Waals surface area contributed by atoms with Crippen molar-refractivity contribution in [2.24, 2.45) is 10.8 Å². The molecule has 0 aliphatic rings. The van der Waals surface area contributed by atoms with Crippen LogP contribution >= 0.6 is 0 Å². The molecule has 1 radical (unpaired) electrons. The Morgan fingerprint density at radius 2 is 1.33 bits per heavy atom. The second-order valence-corrected chi connectivity index (χ2v) is 5.18. The molecule has 0 rings (SSSR count). The molecule has 0 aromatic heterocycles. The lowest BCUT2D eigenvalue weighted by molar-refractivity contribution is 0.230. The lowest BCUT2D eigenvalue weighted by atomic mass is 9.76. The van der Waals surface area contributed by atoms with Crippen LogP contribution in [0, 0.1) is 17.8 Å². The van der Waals surface area contributed by atoms with Crippen molar-refractivity contribution >= 4 is 0 Å². The van der Waals surface area contributed by atoms with E-state index in [9.17, 15) is 0 Å². The average Bonchev–Trinajstić information content (AvgIpc) is 1.99. The molecule has 12 heavy (non-hydrogen) atoms. The first-order valence-corrected chi connectivity index (χ1v) is 5.18. The van der Waals surface area contributed by atoms with E-state index in [0.29, 0.717) is 5.41 Å². The summed E-state index contributed by atoms with van der Waals surface area (Å²) in [4.78, 5) is 0. The monoisotopic (exact) mass is 169 g/mol. The predicted molar refractivity (Wildman–Crippen MR) is 57.1 cm³/mol. The van der Waals surface area contributed by atoms with Gasteiger partial charge in [-0.05, 0) is 30.6 Å². The lowest BCUT2D eigenvalue weighted by Crippen LogP contribution is -2.17. The molecule has 0 atom stereocenters. The van der Waals surface area contributed by atoms with Gasteiger partial charge in [0.05, 0.1) is 0 Å². The molecule has 0 saturated carbocycles. The highest BCUT2D eigenvalue weighted by atomic mass is 14.3. The predicted octanol–water partition coefficient (Wildman–Crippen LogP) is 4.45. The van der Waals surface area contributed by atoms with Gasteiger partial charge in [0, 0.05) is 0 Å². The van der Waals surface area contributed by atoms with Gasteiger partial charge in [0.15, 0.2) is 0 Å². The summed E-state index contributed by atoms with van der Waals surface area (Å²) in [7, 11) is 0. The fraction of sp³-hybridized carbons (Fsp3) is 0.917. The van der Waals surface area contributed by atoms with Crippen LogP contribution in [0.3, 0.4) is 0 Å². The highest BCUT2D eigenvalue weighted by molar-refractivity contribution is 4.77. The van der Waals surface area contributed by atoms with Crippen molar-refractivity contribution in [3.63, 3.8) is 0 Å². The normalized spacial score (nSPS) is 13.5. The van der Waals surface area contributed by atoms with E-state index in [-0.39, 0.29) is 5.41 Å². The standard InChI is InChI=1S/C12H25/c1-7-12(6,8-2)10-9-11(3,4)5/h3,7-10H2,1-2,4-6H3. The van der Waals surface area contributed by atoms with Crippen LogP contribution in [0.2, 0.25) is 0 Å². The molecule has 0 heterocycles. The summed E-state index contributed by atoms with van der Waals surface area (Å²) < 4.78 is 0. The number of rotatable bonds is 5. The highest BCUT2D eigenvalue weighted by Gasteiger charge is 2.22. The van der Waals surface area contributed by atoms with E-state index < -0.39 is 0 Å². The van der Waals surface area contributed by atoms with E-state index >= 15 is 0 Å². The van der Waals surface area contributed by atoms with Gasteiger partial charge in [-0.15, -0.1) is 0 Å². The van der Waals surface area contributed by atoms with Gasteiger partial charge < -0.3 is 0 Å². The maximum atomic E-state index is 4.14. The van der Waals surface area contributed by atoms with E-state index in [4.69, 9.17) is 0 Å². The number of hydrogen-bond acceptors (Lipinski definition) is 0. The molecule has 0 fully saturated rings. The summed E-state index contributed by atoms with van der Waals surface area (Å²) in [5, 5.41) is 0. The zero-order chi connectivity index (χ0) is 9.83. The molecular formula is C12H25. The zero-order valence-corrected chi connectivity index (χ0v) is 9.54. The Balaban J connectivity index is 3.89. The Bertz CT molecular complexity index is 112. The zero-order valence-electron chi connectivity index (χ0n) is 9.54. The van der Waals surface area contributed by atoms with Crippen molar-refractivity contribution < 1.29 is 0 Å². The third-order valence-corrected chi connectivity index (χ3v) is 3.11. The molecule has 0 N–H and O–H groups in total. The number of hydrogen-bond donors (Lipinski definition) is 0. The van der Waals surface area contributed by atoms with Gasteiger partial charge in [0.2, 0.25) is 0 Å². The molecule has 0 nitrogen and oxygen atoms in total. The summed E-state index contributed by atoms with van der Waals surface area (Å²) in [6.07, 6.45) is 5.14. The van der Waals surface area contributed by atoms with Gasteiger partial charge in [-0.3, -0.25) is 0 Å². The van der Waals surface area contributed by atoms with E-state index in [1.165, 1.54) is 25.7 Å². The maximum Gasteiger partial charge on any atom is -0.0331 e. The lowest BCUT2D eigenvalue weighted by Gasteiger charge is -2.30. The van der Waals surface area contributed by atoms with Crippen LogP contribution in [0.1, 0.15) is 60.3 Å². The Morgan fingerprint density at radius 1 is 0.917 bits per heavy atom. The summed E-state index contributed by atoms with van der Waals surface area (Å²) in [5.74, 6) is 0. The first-order chi connectivity index (χ1) is 5.33. The third kappa shape index (κ3) is 4.79. The van der Waals surface area contributed by atoms with E-state index in [2.05, 4.69) is 41.5 Å². The van der Waals surface area contributed by atoms with Crippen molar-refractivity contribution in [1.82, 2.24) is 0 Å². The van der Waals surface area contributed by atoms with Crippen LogP contribution in [-0.4, -0.2) is 0 Å². The van der Waals surface area contributed by atoms with Crippen molar-refractivity contribution in [2.45, 2.75) is 60.3 Å². The second kappa shape index (κ2) is 4.30. The van der Waals surface area contributed by atoms with Crippen LogP contribution in [0.4, 0.5) is 0 Å². The quantitative estimate of drug-likeness (QED) is 0.570. The van der Waals surface area contributed by atoms with E-state index in [0.717, 1.165) is 0 Å². The largest absolute Gasteiger partial charge is 0.0649 e. The van der Waals surface area contributed by atoms with Gasteiger partial charge in [0.25, 0.3) is 0 Å². The second-order valence-electron chi connectivity index (χ2n) is 5.18. The fourth-order valence-corrected chi connectivity index (χ4v) is 1.24. The molecule has 0 aromatic carbocycles. The first kappa shape index (κ1) is 12.0. The van der Waals surface area contributed by atoms with E-state index in [1.54, 1.807) is 0 Å². The Kier molecular flexibility index (Phi) is 4.30. The molecule has 0 bridgehead atoms. The molecule has 0 unspecified atom stereocenters. The maximum absolute atomic E-state index is 4.14. The third-order valence-electron chi connectivity index (χ3n) is 3.11. The molecule has 0 spiro atoms.